The van der Waals surface area contributed by atoms with Crippen molar-refractivity contribution in [2.24, 2.45) is 46.3 Å². The minimum atomic E-state index is -0.805. The molecular weight excluding hydrogens is 412 g/mol. The van der Waals surface area contributed by atoms with Gasteiger partial charge in [-0.05, 0) is 86.4 Å². The van der Waals surface area contributed by atoms with E-state index in [1.807, 2.05) is 0 Å². The van der Waals surface area contributed by atoms with Crippen LogP contribution < -0.4 is 0 Å². The third-order valence-corrected chi connectivity index (χ3v) is 10.7. The Kier molecular flexibility index (Phi) is 6.29. The molecule has 0 aromatic carbocycles. The summed E-state index contributed by atoms with van der Waals surface area (Å²) in [5, 5.41) is 9.28. The van der Waals surface area contributed by atoms with Gasteiger partial charge < -0.3 is 5.11 Å². The number of fused-ring (bicyclic) bond motifs is 4. The Labute approximate surface area is 199 Å². The molecule has 4 heteroatoms. The molecule has 0 aliphatic heterocycles. The first-order valence-corrected chi connectivity index (χ1v) is 13.1. The monoisotopic (exact) mass is 454 g/mol. The van der Waals surface area contributed by atoms with E-state index in [9.17, 15) is 19.5 Å². The van der Waals surface area contributed by atoms with E-state index in [-0.39, 0.29) is 16.7 Å². The van der Waals surface area contributed by atoms with E-state index in [1.165, 1.54) is 5.57 Å². The van der Waals surface area contributed by atoms with Gasteiger partial charge in [-0.3, -0.25) is 14.4 Å². The average molecular weight is 455 g/mol. The smallest absolute Gasteiger partial charge is 0.310 e. The van der Waals surface area contributed by atoms with Gasteiger partial charge in [-0.2, -0.15) is 0 Å². The third-order valence-electron chi connectivity index (χ3n) is 10.7. The highest BCUT2D eigenvalue weighted by molar-refractivity contribution is 6.00. The molecule has 2 fully saturated rings. The van der Waals surface area contributed by atoms with Crippen molar-refractivity contribution in [2.45, 2.75) is 92.4 Å². The molecule has 4 aliphatic carbocycles. The molecule has 0 spiro atoms. The van der Waals surface area contributed by atoms with Gasteiger partial charge in [-0.15, -0.1) is 0 Å². The van der Waals surface area contributed by atoms with Gasteiger partial charge >= 0.3 is 5.97 Å². The molecule has 0 aromatic rings. The Morgan fingerprint density at radius 1 is 1.15 bits per heavy atom. The number of carboxylic acids is 1. The van der Waals surface area contributed by atoms with Crippen LogP contribution in [-0.2, 0) is 14.4 Å². The van der Waals surface area contributed by atoms with E-state index in [2.05, 4.69) is 34.3 Å². The molecule has 4 aliphatic rings. The first kappa shape index (κ1) is 24.4. The summed E-state index contributed by atoms with van der Waals surface area (Å²) in [5.41, 5.74) is 3.22. The number of carboxylic acid groups (broad SMARTS) is 1. The number of hydrogen-bond donors (Lipinski definition) is 1. The van der Waals surface area contributed by atoms with Crippen molar-refractivity contribution in [2.75, 3.05) is 0 Å². The van der Waals surface area contributed by atoms with Crippen LogP contribution in [0.2, 0.25) is 0 Å². The van der Waals surface area contributed by atoms with Crippen molar-refractivity contribution in [1.82, 2.24) is 0 Å². The van der Waals surface area contributed by atoms with E-state index >= 15 is 0 Å². The lowest BCUT2D eigenvalue weighted by Gasteiger charge is -2.54. The van der Waals surface area contributed by atoms with Gasteiger partial charge in [0.25, 0.3) is 0 Å². The average Bonchev–Trinajstić information content (AvgIpc) is 3.10. The SMILES string of the molecule is C=C(CC[C@@H](C)C1CCC2C3=C(C(=O)C[C@@]21C)[C@@]1(C)CCC(=O)[C@@H](C)[C@@H]1CC3)[C@H](C)C(=O)O. The standard InChI is InChI=1S/C29H42O4/c1-16(18(3)27(32)33)7-8-17(2)21-11-12-23-20-9-10-22-19(4)24(30)13-14-28(22,5)26(20)25(31)15-29(21,23)6/h17-19,21-23H,1,7-15H2,2-6H3,(H,32,33)/t17-,18+,19+,21?,22+,23?,28+,29-/m1/s1. The van der Waals surface area contributed by atoms with Crippen LogP contribution in [0.1, 0.15) is 92.4 Å². The highest BCUT2D eigenvalue weighted by Crippen LogP contribution is 2.65. The van der Waals surface area contributed by atoms with Crippen molar-refractivity contribution in [3.8, 4) is 0 Å². The number of ketones is 2. The minimum Gasteiger partial charge on any atom is -0.481 e. The summed E-state index contributed by atoms with van der Waals surface area (Å²) in [6, 6.07) is 0. The van der Waals surface area contributed by atoms with E-state index in [0.717, 1.165) is 56.1 Å². The molecule has 0 radical (unpaired) electrons. The van der Waals surface area contributed by atoms with Gasteiger partial charge in [-0.25, -0.2) is 0 Å². The van der Waals surface area contributed by atoms with Crippen LogP contribution in [0.5, 0.6) is 0 Å². The molecule has 2 unspecified atom stereocenters. The lowest BCUT2D eigenvalue weighted by Crippen LogP contribution is -2.50. The fourth-order valence-corrected chi connectivity index (χ4v) is 8.56. The van der Waals surface area contributed by atoms with Crippen molar-refractivity contribution in [3.63, 3.8) is 0 Å². The highest BCUT2D eigenvalue weighted by Gasteiger charge is 2.59. The van der Waals surface area contributed by atoms with Crippen LogP contribution in [0.15, 0.2) is 23.3 Å². The van der Waals surface area contributed by atoms with E-state index in [0.29, 0.717) is 48.1 Å². The summed E-state index contributed by atoms with van der Waals surface area (Å²) in [6.07, 6.45) is 8.05. The number of hydrogen-bond acceptors (Lipinski definition) is 3. The number of rotatable bonds is 6. The number of allylic oxidation sites excluding steroid dienone is 2. The highest BCUT2D eigenvalue weighted by atomic mass is 16.4. The Balaban J connectivity index is 1.56. The van der Waals surface area contributed by atoms with Crippen LogP contribution in [0.3, 0.4) is 0 Å². The zero-order valence-electron chi connectivity index (χ0n) is 21.2. The fourth-order valence-electron chi connectivity index (χ4n) is 8.56. The number of aliphatic carboxylic acids is 1. The van der Waals surface area contributed by atoms with Crippen LogP contribution in [-0.4, -0.2) is 22.6 Å². The minimum absolute atomic E-state index is 0.00558. The van der Waals surface area contributed by atoms with Crippen molar-refractivity contribution >= 4 is 17.5 Å². The molecule has 2 saturated carbocycles. The van der Waals surface area contributed by atoms with Crippen molar-refractivity contribution < 1.29 is 19.5 Å². The molecule has 0 heterocycles. The molecule has 0 amide bonds. The molecule has 182 valence electrons. The van der Waals surface area contributed by atoms with Crippen LogP contribution in [0.25, 0.3) is 0 Å². The second-order valence-electron chi connectivity index (χ2n) is 12.3. The molecule has 1 N–H and O–H groups in total. The summed E-state index contributed by atoms with van der Waals surface area (Å²) in [7, 11) is 0. The maximum atomic E-state index is 13.8. The van der Waals surface area contributed by atoms with Crippen LogP contribution >= 0.6 is 0 Å². The van der Waals surface area contributed by atoms with Gasteiger partial charge in [0.1, 0.15) is 5.78 Å². The summed E-state index contributed by atoms with van der Waals surface area (Å²) in [6.45, 7) is 14.7. The molecular formula is C29H42O4. The van der Waals surface area contributed by atoms with Crippen molar-refractivity contribution in [1.29, 1.82) is 0 Å². The summed E-state index contributed by atoms with van der Waals surface area (Å²) in [5.74, 6) is 1.18. The molecule has 4 nitrogen and oxygen atoms in total. The Bertz CT molecular complexity index is 913. The number of carbonyl (C=O) groups is 3. The van der Waals surface area contributed by atoms with Gasteiger partial charge in [0.05, 0.1) is 5.92 Å². The van der Waals surface area contributed by atoms with Crippen molar-refractivity contribution in [3.05, 3.63) is 23.3 Å². The lowest BCUT2D eigenvalue weighted by molar-refractivity contribution is -0.140. The summed E-state index contributed by atoms with van der Waals surface area (Å²) >= 11 is 0. The number of carbonyl (C=O) groups excluding carboxylic acids is 2. The maximum Gasteiger partial charge on any atom is 0.310 e. The van der Waals surface area contributed by atoms with Gasteiger partial charge in [0, 0.05) is 24.3 Å². The van der Waals surface area contributed by atoms with Gasteiger partial charge in [0.15, 0.2) is 5.78 Å². The van der Waals surface area contributed by atoms with Crippen LogP contribution in [0, 0.1) is 46.3 Å². The normalized spacial score (nSPS) is 40.0. The molecule has 0 saturated heterocycles. The van der Waals surface area contributed by atoms with Gasteiger partial charge in [0.2, 0.25) is 0 Å². The maximum absolute atomic E-state index is 13.8. The zero-order chi connectivity index (χ0) is 24.3. The molecule has 4 rings (SSSR count). The van der Waals surface area contributed by atoms with E-state index in [1.54, 1.807) is 6.92 Å². The first-order valence-electron chi connectivity index (χ1n) is 13.1. The van der Waals surface area contributed by atoms with Crippen LogP contribution in [0.4, 0.5) is 0 Å². The molecule has 0 bridgehead atoms. The second-order valence-corrected chi connectivity index (χ2v) is 12.3. The summed E-state index contributed by atoms with van der Waals surface area (Å²) < 4.78 is 0. The molecule has 0 aromatic heterocycles. The molecule has 33 heavy (non-hydrogen) atoms. The second kappa shape index (κ2) is 8.50. The zero-order valence-corrected chi connectivity index (χ0v) is 21.2. The topological polar surface area (TPSA) is 71.4 Å². The quantitative estimate of drug-likeness (QED) is 0.472. The Morgan fingerprint density at radius 3 is 2.52 bits per heavy atom. The third kappa shape index (κ3) is 3.76. The van der Waals surface area contributed by atoms with E-state index < -0.39 is 11.9 Å². The predicted molar refractivity (Wildman–Crippen MR) is 130 cm³/mol. The Morgan fingerprint density at radius 2 is 1.85 bits per heavy atom. The summed E-state index contributed by atoms with van der Waals surface area (Å²) in [4.78, 5) is 37.5. The first-order chi connectivity index (χ1) is 15.4. The number of Topliss-reactive ketones (excluding diaryl/α,β-unsaturated/α-hetero) is 2. The van der Waals surface area contributed by atoms with E-state index in [4.69, 9.17) is 0 Å². The largest absolute Gasteiger partial charge is 0.481 e. The lowest BCUT2D eigenvalue weighted by atomic mass is 9.48. The fraction of sp³-hybridized carbons (Fsp3) is 0.759. The van der Waals surface area contributed by atoms with Gasteiger partial charge in [-0.1, -0.05) is 45.4 Å². The predicted octanol–water partition coefficient (Wildman–Crippen LogP) is 6.40. The Hall–Kier alpha value is -1.71. The molecule has 8 atom stereocenters.